The van der Waals surface area contributed by atoms with E-state index in [0.29, 0.717) is 5.65 Å². The van der Waals surface area contributed by atoms with E-state index in [1.165, 1.54) is 17.0 Å². The zero-order valence-corrected chi connectivity index (χ0v) is 9.38. The lowest BCUT2D eigenvalue weighted by molar-refractivity contribution is 0.154. The number of rotatable bonds is 5. The Kier molecular flexibility index (Phi) is 3.51. The molecule has 0 fully saturated rings. The van der Waals surface area contributed by atoms with Gasteiger partial charge in [-0.2, -0.15) is 9.61 Å². The lowest BCUT2D eigenvalue weighted by Gasteiger charge is -2.21. The van der Waals surface area contributed by atoms with E-state index in [2.05, 4.69) is 15.3 Å². The van der Waals surface area contributed by atoms with Crippen LogP contribution in [0.25, 0.3) is 5.65 Å². The molecule has 0 aromatic carbocycles. The highest BCUT2D eigenvalue weighted by atomic mass is 19.3. The highest BCUT2D eigenvalue weighted by molar-refractivity contribution is 5.45. The molecule has 7 nitrogen and oxygen atoms in total. The van der Waals surface area contributed by atoms with Crippen molar-refractivity contribution >= 4 is 11.5 Å². The zero-order valence-electron chi connectivity index (χ0n) is 9.38. The van der Waals surface area contributed by atoms with Crippen LogP contribution in [0, 0.1) is 0 Å². The first kappa shape index (κ1) is 12.4. The second kappa shape index (κ2) is 5.08. The minimum atomic E-state index is -2.50. The first-order valence-electron chi connectivity index (χ1n) is 5.29. The monoisotopic (exact) mass is 258 g/mol. The van der Waals surface area contributed by atoms with Gasteiger partial charge in [0, 0.05) is 13.1 Å². The number of nitrogens with one attached hydrogen (secondary N) is 1. The Morgan fingerprint density at radius 2 is 2.28 bits per heavy atom. The van der Waals surface area contributed by atoms with E-state index in [1.54, 1.807) is 0 Å². The molecule has 98 valence electrons. The maximum atomic E-state index is 12.4. The number of fused-ring (bicyclic) bond motifs is 1. The number of aromatic nitrogens is 4. The molecule has 0 bridgehead atoms. The van der Waals surface area contributed by atoms with Gasteiger partial charge in [-0.1, -0.05) is 0 Å². The van der Waals surface area contributed by atoms with Gasteiger partial charge in [0.1, 0.15) is 5.82 Å². The molecule has 3 N–H and O–H groups in total. The number of nitrogens with zero attached hydrogens (tertiary/aromatic N) is 4. The molecular formula is C9H12F2N6O. The Balaban J connectivity index is 2.36. The van der Waals surface area contributed by atoms with Gasteiger partial charge < -0.3 is 10.6 Å². The van der Waals surface area contributed by atoms with E-state index in [4.69, 9.17) is 5.73 Å². The second-order valence-corrected chi connectivity index (χ2v) is 3.62. The summed E-state index contributed by atoms with van der Waals surface area (Å²) in [5.74, 6) is 0.261. The number of hydrogen-bond acceptors (Lipinski definition) is 5. The fraction of sp³-hybridized carbons (Fsp3) is 0.444. The van der Waals surface area contributed by atoms with Gasteiger partial charge in [-0.05, 0) is 12.1 Å². The van der Waals surface area contributed by atoms with Crippen LogP contribution in [0.15, 0.2) is 16.9 Å². The van der Waals surface area contributed by atoms with Gasteiger partial charge in [-0.15, -0.1) is 5.10 Å². The molecule has 2 aromatic heterocycles. The highest BCUT2D eigenvalue weighted by Gasteiger charge is 2.14. The van der Waals surface area contributed by atoms with Crippen molar-refractivity contribution in [2.45, 2.75) is 6.43 Å². The fourth-order valence-corrected chi connectivity index (χ4v) is 1.58. The molecule has 0 atom stereocenters. The van der Waals surface area contributed by atoms with Crippen LogP contribution in [0.3, 0.4) is 0 Å². The maximum Gasteiger partial charge on any atom is 0.364 e. The molecule has 18 heavy (non-hydrogen) atoms. The number of halogens is 2. The highest BCUT2D eigenvalue weighted by Crippen LogP contribution is 2.11. The molecule has 2 rings (SSSR count). The van der Waals surface area contributed by atoms with Gasteiger partial charge in [0.2, 0.25) is 0 Å². The summed E-state index contributed by atoms with van der Waals surface area (Å²) >= 11 is 0. The number of alkyl halides is 2. The normalized spacial score (nSPS) is 11.3. The van der Waals surface area contributed by atoms with Gasteiger partial charge in [-0.3, -0.25) is 0 Å². The smallest absolute Gasteiger partial charge is 0.348 e. The summed E-state index contributed by atoms with van der Waals surface area (Å²) in [5, 5.41) is 9.87. The zero-order chi connectivity index (χ0) is 13.1. The summed E-state index contributed by atoms with van der Waals surface area (Å²) in [6, 6.07) is 3.04. The standard InChI is InChI=1S/C9H12F2N6O/c10-6(11)5-16(4-3-12)8-2-1-7-13-14-9(18)17(7)15-8/h1-2,6H,3-5,12H2,(H,14,18). The van der Waals surface area contributed by atoms with Gasteiger partial charge >= 0.3 is 5.69 Å². The van der Waals surface area contributed by atoms with E-state index in [0.717, 1.165) is 4.52 Å². The van der Waals surface area contributed by atoms with Crippen LogP contribution in [-0.2, 0) is 0 Å². The van der Waals surface area contributed by atoms with Gasteiger partial charge in [0.15, 0.2) is 5.65 Å². The summed E-state index contributed by atoms with van der Waals surface area (Å²) in [6.07, 6.45) is -2.50. The number of nitrogens with two attached hydrogens (primary N) is 1. The summed E-state index contributed by atoms with van der Waals surface area (Å²) in [6.45, 7) is -0.0372. The quantitative estimate of drug-likeness (QED) is 0.750. The molecule has 9 heteroatoms. The van der Waals surface area contributed by atoms with Crippen molar-refractivity contribution in [2.24, 2.45) is 5.73 Å². The van der Waals surface area contributed by atoms with E-state index in [1.807, 2.05) is 0 Å². The molecule has 0 aliphatic heterocycles. The predicted octanol–water partition coefficient (Wildman–Crippen LogP) is -0.552. The van der Waals surface area contributed by atoms with Crippen LogP contribution >= 0.6 is 0 Å². The molecule has 2 aromatic rings. The summed E-state index contributed by atoms with van der Waals surface area (Å²) < 4.78 is 25.9. The lowest BCUT2D eigenvalue weighted by Crippen LogP contribution is -2.34. The third kappa shape index (κ3) is 2.45. The average molecular weight is 258 g/mol. The van der Waals surface area contributed by atoms with Crippen molar-refractivity contribution < 1.29 is 8.78 Å². The molecule has 0 amide bonds. The van der Waals surface area contributed by atoms with E-state index in [-0.39, 0.29) is 18.9 Å². The van der Waals surface area contributed by atoms with Crippen LogP contribution in [-0.4, -0.2) is 45.9 Å². The third-order valence-electron chi connectivity index (χ3n) is 2.34. The first-order chi connectivity index (χ1) is 8.61. The predicted molar refractivity (Wildman–Crippen MR) is 60.9 cm³/mol. The van der Waals surface area contributed by atoms with Crippen LogP contribution in [0.1, 0.15) is 0 Å². The van der Waals surface area contributed by atoms with E-state index < -0.39 is 18.7 Å². The summed E-state index contributed by atoms with van der Waals surface area (Å²) in [5.41, 5.74) is 5.17. The molecule has 2 heterocycles. The van der Waals surface area contributed by atoms with Crippen molar-refractivity contribution in [2.75, 3.05) is 24.5 Å². The number of hydrogen-bond donors (Lipinski definition) is 2. The molecule has 0 spiro atoms. The number of aromatic amines is 1. The summed E-state index contributed by atoms with van der Waals surface area (Å²) in [4.78, 5) is 12.6. The molecule has 0 saturated carbocycles. The third-order valence-corrected chi connectivity index (χ3v) is 2.34. The van der Waals surface area contributed by atoms with Crippen LogP contribution in [0.2, 0.25) is 0 Å². The fourth-order valence-electron chi connectivity index (χ4n) is 1.58. The molecule has 0 unspecified atom stereocenters. The van der Waals surface area contributed by atoms with E-state index >= 15 is 0 Å². The Morgan fingerprint density at radius 1 is 1.50 bits per heavy atom. The van der Waals surface area contributed by atoms with Crippen molar-refractivity contribution in [3.8, 4) is 0 Å². The Morgan fingerprint density at radius 3 is 2.94 bits per heavy atom. The first-order valence-corrected chi connectivity index (χ1v) is 5.29. The SMILES string of the molecule is NCCN(CC(F)F)c1ccc2n[nH]c(=O)n2n1. The van der Waals surface area contributed by atoms with Crippen LogP contribution in [0.4, 0.5) is 14.6 Å². The van der Waals surface area contributed by atoms with Gasteiger partial charge in [0.25, 0.3) is 6.43 Å². The molecule has 0 radical (unpaired) electrons. The second-order valence-electron chi connectivity index (χ2n) is 3.62. The molecular weight excluding hydrogens is 246 g/mol. The minimum Gasteiger partial charge on any atom is -0.348 e. The summed E-state index contributed by atoms with van der Waals surface area (Å²) in [7, 11) is 0. The lowest BCUT2D eigenvalue weighted by atomic mass is 10.4. The van der Waals surface area contributed by atoms with Gasteiger partial charge in [-0.25, -0.2) is 18.7 Å². The van der Waals surface area contributed by atoms with Crippen LogP contribution < -0.4 is 16.3 Å². The van der Waals surface area contributed by atoms with Gasteiger partial charge in [0.05, 0.1) is 6.54 Å². The minimum absolute atomic E-state index is 0.215. The molecule has 0 aliphatic rings. The topological polar surface area (TPSA) is 92.3 Å². The largest absolute Gasteiger partial charge is 0.364 e. The molecule has 0 saturated heterocycles. The van der Waals surface area contributed by atoms with Crippen molar-refractivity contribution in [3.05, 3.63) is 22.6 Å². The van der Waals surface area contributed by atoms with Crippen molar-refractivity contribution in [3.63, 3.8) is 0 Å². The Labute approximate surface area is 100 Å². The number of H-pyrrole nitrogens is 1. The Bertz CT molecular complexity index is 580. The Hall–Kier alpha value is -2.03. The van der Waals surface area contributed by atoms with Crippen molar-refractivity contribution in [1.82, 2.24) is 19.8 Å². The maximum absolute atomic E-state index is 12.4. The van der Waals surface area contributed by atoms with E-state index in [9.17, 15) is 13.6 Å². The number of anilines is 1. The average Bonchev–Trinajstić information content (AvgIpc) is 2.70. The van der Waals surface area contributed by atoms with Crippen LogP contribution in [0.5, 0.6) is 0 Å². The van der Waals surface area contributed by atoms with Crippen molar-refractivity contribution in [1.29, 1.82) is 0 Å². The molecule has 0 aliphatic carbocycles.